The zero-order valence-corrected chi connectivity index (χ0v) is 19.2. The summed E-state index contributed by atoms with van der Waals surface area (Å²) in [4.78, 5) is 12.2. The van der Waals surface area contributed by atoms with Gasteiger partial charge in [0, 0.05) is 22.2 Å². The second-order valence-corrected chi connectivity index (χ2v) is 8.85. The molecule has 0 fully saturated rings. The fourth-order valence-corrected chi connectivity index (χ4v) is 5.00. The van der Waals surface area contributed by atoms with Gasteiger partial charge in [-0.05, 0) is 66.8 Å². The summed E-state index contributed by atoms with van der Waals surface area (Å²) in [5.74, 6) is 1.21. The van der Waals surface area contributed by atoms with Crippen molar-refractivity contribution in [2.75, 3.05) is 11.9 Å². The molecular formula is C28H26ClNO3. The Morgan fingerprint density at radius 3 is 2.70 bits per heavy atom. The Kier molecular flexibility index (Phi) is 6.10. The molecule has 1 N–H and O–H groups in total. The van der Waals surface area contributed by atoms with Crippen LogP contribution in [0.2, 0.25) is 5.02 Å². The van der Waals surface area contributed by atoms with E-state index < -0.39 is 0 Å². The molecule has 1 heterocycles. The lowest BCUT2D eigenvalue weighted by atomic mass is 9.76. The Morgan fingerprint density at radius 2 is 1.91 bits per heavy atom. The van der Waals surface area contributed by atoms with Crippen LogP contribution >= 0.6 is 11.6 Å². The van der Waals surface area contributed by atoms with E-state index in [9.17, 15) is 4.79 Å². The number of carbonyl (C=O) groups is 1. The average molecular weight is 460 g/mol. The maximum Gasteiger partial charge on any atom is 0.338 e. The van der Waals surface area contributed by atoms with E-state index in [4.69, 9.17) is 21.1 Å². The van der Waals surface area contributed by atoms with E-state index in [0.29, 0.717) is 29.7 Å². The molecule has 3 aromatic rings. The summed E-state index contributed by atoms with van der Waals surface area (Å²) in [5, 5.41) is 4.43. The molecule has 1 aliphatic carbocycles. The van der Waals surface area contributed by atoms with Gasteiger partial charge in [-0.1, -0.05) is 54.1 Å². The van der Waals surface area contributed by atoms with Gasteiger partial charge in [-0.15, -0.1) is 0 Å². The van der Waals surface area contributed by atoms with E-state index in [1.54, 1.807) is 0 Å². The molecule has 3 atom stereocenters. The molecule has 0 radical (unpaired) electrons. The molecule has 0 aromatic heterocycles. The highest BCUT2D eigenvalue weighted by Crippen LogP contribution is 2.50. The number of hydrogen-bond acceptors (Lipinski definition) is 4. The second-order valence-electron chi connectivity index (χ2n) is 8.45. The third-order valence-electron chi connectivity index (χ3n) is 6.47. The molecular weight excluding hydrogens is 434 g/mol. The number of allylic oxidation sites excluding steroid dienone is 2. The summed E-state index contributed by atoms with van der Waals surface area (Å²) in [6.07, 6.45) is 5.51. The maximum absolute atomic E-state index is 12.2. The highest BCUT2D eigenvalue weighted by molar-refractivity contribution is 6.31. The van der Waals surface area contributed by atoms with Crippen LogP contribution in [0.25, 0.3) is 0 Å². The van der Waals surface area contributed by atoms with E-state index >= 15 is 0 Å². The molecule has 0 bridgehead atoms. The quantitative estimate of drug-likeness (QED) is 0.321. The normalized spacial score (nSPS) is 20.5. The Bertz CT molecular complexity index is 1190. The van der Waals surface area contributed by atoms with Crippen LogP contribution in [0.4, 0.5) is 5.69 Å². The molecule has 5 heteroatoms. The first-order chi connectivity index (χ1) is 16.1. The zero-order valence-electron chi connectivity index (χ0n) is 18.5. The molecule has 0 saturated carbocycles. The number of ether oxygens (including phenoxy) is 2. The first-order valence-electron chi connectivity index (χ1n) is 11.3. The largest absolute Gasteiger partial charge is 0.489 e. The van der Waals surface area contributed by atoms with Crippen molar-refractivity contribution < 1.29 is 14.3 Å². The van der Waals surface area contributed by atoms with Crippen molar-refractivity contribution in [3.8, 4) is 5.75 Å². The van der Waals surface area contributed by atoms with Crippen LogP contribution in [0.3, 0.4) is 0 Å². The Hall–Kier alpha value is -3.24. The van der Waals surface area contributed by atoms with Gasteiger partial charge in [0.15, 0.2) is 0 Å². The van der Waals surface area contributed by atoms with Crippen LogP contribution in [0, 0.1) is 5.92 Å². The number of anilines is 1. The predicted molar refractivity (Wildman–Crippen MR) is 131 cm³/mol. The molecule has 168 valence electrons. The number of hydrogen-bond donors (Lipinski definition) is 1. The lowest BCUT2D eigenvalue weighted by Crippen LogP contribution is -2.29. The Labute approximate surface area is 199 Å². The third kappa shape index (κ3) is 4.36. The topological polar surface area (TPSA) is 47.6 Å². The van der Waals surface area contributed by atoms with Crippen molar-refractivity contribution in [1.29, 1.82) is 0 Å². The average Bonchev–Trinajstić information content (AvgIpc) is 3.34. The molecule has 0 spiro atoms. The van der Waals surface area contributed by atoms with Crippen molar-refractivity contribution in [1.82, 2.24) is 0 Å². The second kappa shape index (κ2) is 9.32. The first-order valence-corrected chi connectivity index (χ1v) is 11.7. The number of benzene rings is 3. The van der Waals surface area contributed by atoms with Gasteiger partial charge in [0.05, 0.1) is 18.2 Å². The van der Waals surface area contributed by atoms with Gasteiger partial charge in [0.1, 0.15) is 12.4 Å². The van der Waals surface area contributed by atoms with Crippen molar-refractivity contribution >= 4 is 23.3 Å². The minimum atomic E-state index is -0.270. The molecule has 0 unspecified atom stereocenters. The van der Waals surface area contributed by atoms with Crippen LogP contribution in [0.15, 0.2) is 78.9 Å². The first kappa shape index (κ1) is 21.6. The SMILES string of the molecule is CCOC(=O)c1ccc2c(c1)[C@@H]1C=CC[C@@H]1[C@H](c1ccc(OCc3ccccc3Cl)cc1)N2. The highest BCUT2D eigenvalue weighted by Gasteiger charge is 2.38. The van der Waals surface area contributed by atoms with Crippen LogP contribution < -0.4 is 10.1 Å². The number of halogens is 1. The van der Waals surface area contributed by atoms with E-state index in [1.807, 2.05) is 61.5 Å². The Morgan fingerprint density at radius 1 is 1.09 bits per heavy atom. The van der Waals surface area contributed by atoms with Crippen LogP contribution in [0.5, 0.6) is 5.75 Å². The van der Waals surface area contributed by atoms with Crippen LogP contribution in [-0.2, 0) is 11.3 Å². The van der Waals surface area contributed by atoms with Crippen molar-refractivity contribution in [3.63, 3.8) is 0 Å². The molecule has 0 saturated heterocycles. The molecule has 2 aliphatic rings. The fraction of sp³-hybridized carbons (Fsp3) is 0.250. The van der Waals surface area contributed by atoms with Gasteiger partial charge in [-0.25, -0.2) is 4.79 Å². The molecule has 1 aliphatic heterocycles. The number of rotatable bonds is 6. The smallest absolute Gasteiger partial charge is 0.338 e. The fourth-order valence-electron chi connectivity index (χ4n) is 4.81. The summed E-state index contributed by atoms with van der Waals surface area (Å²) in [5.41, 5.74) is 5.03. The molecule has 5 rings (SSSR count). The molecule has 4 nitrogen and oxygen atoms in total. The highest BCUT2D eigenvalue weighted by atomic mass is 35.5. The van der Waals surface area contributed by atoms with Crippen molar-refractivity contribution in [3.05, 3.63) is 106 Å². The van der Waals surface area contributed by atoms with Crippen LogP contribution in [-0.4, -0.2) is 12.6 Å². The van der Waals surface area contributed by atoms with Gasteiger partial charge in [0.2, 0.25) is 0 Å². The van der Waals surface area contributed by atoms with E-state index in [1.165, 1.54) is 5.56 Å². The summed E-state index contributed by atoms with van der Waals surface area (Å²) in [7, 11) is 0. The minimum Gasteiger partial charge on any atom is -0.489 e. The third-order valence-corrected chi connectivity index (χ3v) is 6.83. The summed E-state index contributed by atoms with van der Waals surface area (Å²) >= 11 is 6.23. The standard InChI is InChI=1S/C28H26ClNO3/c1-2-32-28(31)19-12-15-26-24(16-19)22-7-5-8-23(22)27(30-26)18-10-13-21(14-11-18)33-17-20-6-3-4-9-25(20)29/h3-7,9-16,22-23,27,30H,2,8,17H2,1H3/t22-,23+,27+/m1/s1. The lowest BCUT2D eigenvalue weighted by molar-refractivity contribution is 0.0526. The van der Waals surface area contributed by atoms with Gasteiger partial charge >= 0.3 is 5.97 Å². The molecule has 0 amide bonds. The number of nitrogens with one attached hydrogen (secondary N) is 1. The van der Waals surface area contributed by atoms with Gasteiger partial charge in [-0.2, -0.15) is 0 Å². The zero-order chi connectivity index (χ0) is 22.8. The van der Waals surface area contributed by atoms with E-state index in [-0.39, 0.29) is 17.9 Å². The summed E-state index contributed by atoms with van der Waals surface area (Å²) < 4.78 is 11.1. The van der Waals surface area contributed by atoms with Gasteiger partial charge in [0.25, 0.3) is 0 Å². The van der Waals surface area contributed by atoms with Crippen molar-refractivity contribution in [2.45, 2.75) is 31.9 Å². The monoisotopic (exact) mass is 459 g/mol. The Balaban J connectivity index is 1.34. The molecule has 33 heavy (non-hydrogen) atoms. The minimum absolute atomic E-state index is 0.184. The maximum atomic E-state index is 12.2. The lowest BCUT2D eigenvalue weighted by Gasteiger charge is -2.37. The number of carbonyl (C=O) groups excluding carboxylic acids is 1. The van der Waals surface area contributed by atoms with Crippen molar-refractivity contribution in [2.24, 2.45) is 5.92 Å². The van der Waals surface area contributed by atoms with Gasteiger partial charge < -0.3 is 14.8 Å². The molecule has 3 aromatic carbocycles. The van der Waals surface area contributed by atoms with E-state index in [2.05, 4.69) is 29.6 Å². The van der Waals surface area contributed by atoms with E-state index in [0.717, 1.165) is 29.0 Å². The number of fused-ring (bicyclic) bond motifs is 3. The summed E-state index contributed by atoms with van der Waals surface area (Å²) in [6.45, 7) is 2.64. The number of esters is 1. The van der Waals surface area contributed by atoms with Gasteiger partial charge in [-0.3, -0.25) is 0 Å². The summed E-state index contributed by atoms with van der Waals surface area (Å²) in [6, 6.07) is 22.0. The van der Waals surface area contributed by atoms with Crippen LogP contribution in [0.1, 0.15) is 52.4 Å². The predicted octanol–water partition coefficient (Wildman–Crippen LogP) is 6.92.